The van der Waals surface area contributed by atoms with Crippen LogP contribution >= 0.6 is 11.6 Å². The van der Waals surface area contributed by atoms with Crippen molar-refractivity contribution >= 4 is 17.6 Å². The number of carboxylic acid groups (broad SMARTS) is 1. The van der Waals surface area contributed by atoms with E-state index >= 15 is 0 Å². The van der Waals surface area contributed by atoms with E-state index in [1.165, 1.54) is 19.2 Å². The van der Waals surface area contributed by atoms with Gasteiger partial charge in [0, 0.05) is 19.7 Å². The van der Waals surface area contributed by atoms with Gasteiger partial charge in [-0.25, -0.2) is 4.79 Å². The fraction of sp³-hybridized carbons (Fsp3) is 0.286. The highest BCUT2D eigenvalue weighted by molar-refractivity contribution is 6.32. The van der Waals surface area contributed by atoms with Crippen LogP contribution in [0.3, 0.4) is 0 Å². The Labute approximate surface area is 126 Å². The van der Waals surface area contributed by atoms with Crippen molar-refractivity contribution < 1.29 is 19.4 Å². The average Bonchev–Trinajstić information content (AvgIpc) is 2.85. The number of aryl methyl sites for hydroxylation is 1. The van der Waals surface area contributed by atoms with E-state index in [9.17, 15) is 4.79 Å². The number of carbonyl (C=O) groups is 1. The van der Waals surface area contributed by atoms with Gasteiger partial charge in [-0.2, -0.15) is 5.10 Å². The fourth-order valence-corrected chi connectivity index (χ4v) is 2.12. The van der Waals surface area contributed by atoms with Gasteiger partial charge in [-0.3, -0.25) is 4.68 Å². The SMILES string of the molecule is COc1cc(C(=O)O)cc(Cl)c1OCCc1cnn(C)c1. The number of methoxy groups -OCH3 is 1. The second kappa shape index (κ2) is 6.49. The number of halogens is 1. The molecule has 0 saturated carbocycles. The van der Waals surface area contributed by atoms with Crippen LogP contribution < -0.4 is 9.47 Å². The molecule has 1 aromatic heterocycles. The van der Waals surface area contributed by atoms with E-state index in [4.69, 9.17) is 26.2 Å². The first kappa shape index (κ1) is 15.2. The molecule has 112 valence electrons. The Morgan fingerprint density at radius 1 is 1.48 bits per heavy atom. The van der Waals surface area contributed by atoms with Crippen LogP contribution in [0.25, 0.3) is 0 Å². The molecule has 0 bridgehead atoms. The predicted octanol–water partition coefficient (Wildman–Crippen LogP) is 2.40. The van der Waals surface area contributed by atoms with Gasteiger partial charge in [0.05, 0.1) is 30.5 Å². The number of benzene rings is 1. The standard InChI is InChI=1S/C14H15ClN2O4/c1-17-8-9(7-16-17)3-4-21-13-11(15)5-10(14(18)19)6-12(13)20-2/h5-8H,3-4H2,1-2H3,(H,18,19). The van der Waals surface area contributed by atoms with E-state index in [1.54, 1.807) is 10.9 Å². The normalized spacial score (nSPS) is 10.4. The summed E-state index contributed by atoms with van der Waals surface area (Å²) in [6, 6.07) is 2.72. The minimum atomic E-state index is -1.07. The van der Waals surface area contributed by atoms with Crippen LogP contribution in [-0.2, 0) is 13.5 Å². The molecule has 0 aliphatic heterocycles. The van der Waals surface area contributed by atoms with Crippen molar-refractivity contribution in [1.82, 2.24) is 9.78 Å². The van der Waals surface area contributed by atoms with Gasteiger partial charge in [0.2, 0.25) is 0 Å². The molecule has 7 heteroatoms. The van der Waals surface area contributed by atoms with E-state index in [1.807, 2.05) is 13.2 Å². The predicted molar refractivity (Wildman–Crippen MR) is 77.4 cm³/mol. The van der Waals surface area contributed by atoms with Crippen LogP contribution in [0.15, 0.2) is 24.5 Å². The lowest BCUT2D eigenvalue weighted by atomic mass is 10.2. The highest BCUT2D eigenvalue weighted by Gasteiger charge is 2.15. The van der Waals surface area contributed by atoms with Crippen LogP contribution in [0, 0.1) is 0 Å². The van der Waals surface area contributed by atoms with E-state index in [-0.39, 0.29) is 10.6 Å². The lowest BCUT2D eigenvalue weighted by Gasteiger charge is -2.12. The van der Waals surface area contributed by atoms with Crippen LogP contribution in [0.2, 0.25) is 5.02 Å². The minimum Gasteiger partial charge on any atom is -0.493 e. The Morgan fingerprint density at radius 3 is 2.81 bits per heavy atom. The van der Waals surface area contributed by atoms with Crippen molar-refractivity contribution in [2.24, 2.45) is 7.05 Å². The molecule has 0 unspecified atom stereocenters. The number of hydrogen-bond acceptors (Lipinski definition) is 4. The molecule has 0 amide bonds. The zero-order valence-electron chi connectivity index (χ0n) is 11.7. The monoisotopic (exact) mass is 310 g/mol. The third kappa shape index (κ3) is 3.66. The number of ether oxygens (including phenoxy) is 2. The minimum absolute atomic E-state index is 0.0523. The highest BCUT2D eigenvalue weighted by atomic mass is 35.5. The summed E-state index contributed by atoms with van der Waals surface area (Å²) in [5.74, 6) is -0.434. The van der Waals surface area contributed by atoms with Gasteiger partial charge in [-0.05, 0) is 17.7 Å². The Balaban J connectivity index is 2.10. The Morgan fingerprint density at radius 2 is 2.24 bits per heavy atom. The molecule has 0 aliphatic rings. The third-order valence-electron chi connectivity index (χ3n) is 2.87. The number of aromatic carboxylic acids is 1. The van der Waals surface area contributed by atoms with Crippen molar-refractivity contribution in [2.75, 3.05) is 13.7 Å². The molecule has 1 aromatic carbocycles. The smallest absolute Gasteiger partial charge is 0.335 e. The first-order valence-electron chi connectivity index (χ1n) is 6.22. The van der Waals surface area contributed by atoms with E-state index < -0.39 is 5.97 Å². The number of carboxylic acids is 1. The molecule has 0 atom stereocenters. The molecule has 21 heavy (non-hydrogen) atoms. The largest absolute Gasteiger partial charge is 0.493 e. The summed E-state index contributed by atoms with van der Waals surface area (Å²) < 4.78 is 12.5. The maximum absolute atomic E-state index is 11.0. The molecular weight excluding hydrogens is 296 g/mol. The zero-order chi connectivity index (χ0) is 15.4. The summed E-state index contributed by atoms with van der Waals surface area (Å²) >= 11 is 6.06. The zero-order valence-corrected chi connectivity index (χ0v) is 12.4. The van der Waals surface area contributed by atoms with E-state index in [0.717, 1.165) is 5.56 Å². The highest BCUT2D eigenvalue weighted by Crippen LogP contribution is 2.36. The maximum atomic E-state index is 11.0. The summed E-state index contributed by atoms with van der Waals surface area (Å²) in [6.45, 7) is 0.383. The molecule has 0 saturated heterocycles. The number of rotatable bonds is 6. The molecular formula is C14H15ClN2O4. The third-order valence-corrected chi connectivity index (χ3v) is 3.15. The quantitative estimate of drug-likeness (QED) is 0.887. The molecule has 1 heterocycles. The average molecular weight is 311 g/mol. The van der Waals surface area contributed by atoms with Crippen LogP contribution in [0.4, 0.5) is 0 Å². The fourth-order valence-electron chi connectivity index (χ4n) is 1.86. The summed E-state index contributed by atoms with van der Waals surface area (Å²) in [5, 5.41) is 13.3. The first-order valence-corrected chi connectivity index (χ1v) is 6.60. The van der Waals surface area contributed by atoms with Crippen LogP contribution in [0.5, 0.6) is 11.5 Å². The summed E-state index contributed by atoms with van der Waals surface area (Å²) in [4.78, 5) is 11.0. The summed E-state index contributed by atoms with van der Waals surface area (Å²) in [7, 11) is 3.28. The molecule has 6 nitrogen and oxygen atoms in total. The van der Waals surface area contributed by atoms with Crippen molar-refractivity contribution in [1.29, 1.82) is 0 Å². The van der Waals surface area contributed by atoms with Gasteiger partial charge in [0.25, 0.3) is 0 Å². The van der Waals surface area contributed by atoms with Crippen molar-refractivity contribution in [3.63, 3.8) is 0 Å². The van der Waals surface area contributed by atoms with Crippen molar-refractivity contribution in [3.8, 4) is 11.5 Å². The molecule has 0 fully saturated rings. The molecule has 0 spiro atoms. The molecule has 2 aromatic rings. The van der Waals surface area contributed by atoms with E-state index in [2.05, 4.69) is 5.10 Å². The lowest BCUT2D eigenvalue weighted by molar-refractivity contribution is 0.0696. The van der Waals surface area contributed by atoms with Crippen molar-refractivity contribution in [2.45, 2.75) is 6.42 Å². The van der Waals surface area contributed by atoms with Gasteiger partial charge < -0.3 is 14.6 Å². The van der Waals surface area contributed by atoms with Gasteiger partial charge in [-0.1, -0.05) is 11.6 Å². The lowest BCUT2D eigenvalue weighted by Crippen LogP contribution is -2.04. The number of hydrogen-bond donors (Lipinski definition) is 1. The van der Waals surface area contributed by atoms with Gasteiger partial charge in [0.15, 0.2) is 11.5 Å². The van der Waals surface area contributed by atoms with E-state index in [0.29, 0.717) is 24.5 Å². The first-order chi connectivity index (χ1) is 10.0. The molecule has 0 radical (unpaired) electrons. The summed E-state index contributed by atoms with van der Waals surface area (Å²) in [5.41, 5.74) is 1.09. The molecule has 0 aliphatic carbocycles. The second-order valence-corrected chi connectivity index (χ2v) is 4.82. The topological polar surface area (TPSA) is 73.6 Å². The van der Waals surface area contributed by atoms with Gasteiger partial charge >= 0.3 is 5.97 Å². The van der Waals surface area contributed by atoms with Gasteiger partial charge in [0.1, 0.15) is 0 Å². The Hall–Kier alpha value is -2.21. The molecule has 2 rings (SSSR count). The Bertz CT molecular complexity index is 654. The number of aromatic nitrogens is 2. The van der Waals surface area contributed by atoms with Crippen molar-refractivity contribution in [3.05, 3.63) is 40.7 Å². The number of nitrogens with zero attached hydrogens (tertiary/aromatic N) is 2. The van der Waals surface area contributed by atoms with Gasteiger partial charge in [-0.15, -0.1) is 0 Å². The Kier molecular flexibility index (Phi) is 4.70. The summed E-state index contributed by atoms with van der Waals surface area (Å²) in [6.07, 6.45) is 4.32. The van der Waals surface area contributed by atoms with Crippen LogP contribution in [-0.4, -0.2) is 34.6 Å². The maximum Gasteiger partial charge on any atom is 0.335 e. The molecule has 1 N–H and O–H groups in total. The van der Waals surface area contributed by atoms with Crippen LogP contribution in [0.1, 0.15) is 15.9 Å². The second-order valence-electron chi connectivity index (χ2n) is 4.42.